The van der Waals surface area contributed by atoms with Crippen molar-refractivity contribution in [1.82, 2.24) is 5.32 Å². The number of rotatable bonds is 5. The fraction of sp³-hybridized carbons (Fsp3) is 0.900. The highest BCUT2D eigenvalue weighted by Gasteiger charge is 2.28. The molecule has 0 aromatic carbocycles. The Hall–Kier alpha value is -0.570. The van der Waals surface area contributed by atoms with Gasteiger partial charge in [-0.25, -0.2) is 0 Å². The smallest absolute Gasteiger partial charge is 0.236 e. The van der Waals surface area contributed by atoms with Gasteiger partial charge in [-0.15, -0.1) is 0 Å². The average Bonchev–Trinajstić information content (AvgIpc) is 2.95. The minimum absolute atomic E-state index is 0.00463. The molecule has 0 radical (unpaired) electrons. The SMILES string of the molecule is CCC(N)C(=O)NCC(C)C1CC1. The van der Waals surface area contributed by atoms with Crippen LogP contribution in [0.25, 0.3) is 0 Å². The second kappa shape index (κ2) is 4.61. The number of nitrogens with two attached hydrogens (primary N) is 1. The molecule has 3 heteroatoms. The highest BCUT2D eigenvalue weighted by Crippen LogP contribution is 2.35. The fourth-order valence-corrected chi connectivity index (χ4v) is 1.41. The number of nitrogens with one attached hydrogen (secondary N) is 1. The first-order valence-corrected chi connectivity index (χ1v) is 5.18. The molecule has 1 amide bonds. The standard InChI is InChI=1S/C10H20N2O/c1-3-9(11)10(13)12-6-7(2)8-4-5-8/h7-9H,3-6,11H2,1-2H3,(H,12,13). The van der Waals surface area contributed by atoms with E-state index in [1.807, 2.05) is 6.92 Å². The summed E-state index contributed by atoms with van der Waals surface area (Å²) >= 11 is 0. The van der Waals surface area contributed by atoms with Gasteiger partial charge in [0.25, 0.3) is 0 Å². The van der Waals surface area contributed by atoms with Crippen LogP contribution in [0.5, 0.6) is 0 Å². The summed E-state index contributed by atoms with van der Waals surface area (Å²) in [7, 11) is 0. The van der Waals surface area contributed by atoms with Crippen LogP contribution >= 0.6 is 0 Å². The molecule has 1 fully saturated rings. The van der Waals surface area contributed by atoms with Crippen LogP contribution in [0, 0.1) is 11.8 Å². The summed E-state index contributed by atoms with van der Waals surface area (Å²) in [6.07, 6.45) is 3.37. The summed E-state index contributed by atoms with van der Waals surface area (Å²) in [5, 5.41) is 2.89. The van der Waals surface area contributed by atoms with Crippen molar-refractivity contribution in [3.05, 3.63) is 0 Å². The Morgan fingerprint density at radius 2 is 2.23 bits per heavy atom. The summed E-state index contributed by atoms with van der Waals surface area (Å²) < 4.78 is 0. The summed E-state index contributed by atoms with van der Waals surface area (Å²) in [5.41, 5.74) is 5.58. The van der Waals surface area contributed by atoms with Gasteiger partial charge in [0.1, 0.15) is 0 Å². The van der Waals surface area contributed by atoms with Crippen molar-refractivity contribution in [3.63, 3.8) is 0 Å². The van der Waals surface area contributed by atoms with Crippen LogP contribution < -0.4 is 11.1 Å². The van der Waals surface area contributed by atoms with Gasteiger partial charge in [-0.1, -0.05) is 13.8 Å². The zero-order valence-corrected chi connectivity index (χ0v) is 8.55. The Kier molecular flexibility index (Phi) is 3.72. The molecular formula is C10H20N2O. The number of hydrogen-bond acceptors (Lipinski definition) is 2. The van der Waals surface area contributed by atoms with E-state index in [4.69, 9.17) is 5.73 Å². The van der Waals surface area contributed by atoms with E-state index < -0.39 is 0 Å². The molecule has 2 atom stereocenters. The Bertz CT molecular complexity index is 178. The molecule has 1 saturated carbocycles. The van der Waals surface area contributed by atoms with Crippen LogP contribution in [0.1, 0.15) is 33.1 Å². The first kappa shape index (κ1) is 10.5. The van der Waals surface area contributed by atoms with Crippen LogP contribution in [0.15, 0.2) is 0 Å². The lowest BCUT2D eigenvalue weighted by Crippen LogP contribution is -2.41. The van der Waals surface area contributed by atoms with Crippen molar-refractivity contribution < 1.29 is 4.79 Å². The van der Waals surface area contributed by atoms with Gasteiger partial charge in [0.05, 0.1) is 6.04 Å². The van der Waals surface area contributed by atoms with Gasteiger partial charge in [-0.3, -0.25) is 4.79 Å². The van der Waals surface area contributed by atoms with Gasteiger partial charge in [0, 0.05) is 6.54 Å². The van der Waals surface area contributed by atoms with Crippen molar-refractivity contribution in [2.24, 2.45) is 17.6 Å². The lowest BCUT2D eigenvalue weighted by atomic mass is 10.1. The molecule has 0 bridgehead atoms. The van der Waals surface area contributed by atoms with Crippen LogP contribution in [-0.4, -0.2) is 18.5 Å². The molecule has 76 valence electrons. The third-order valence-corrected chi connectivity index (χ3v) is 2.80. The Balaban J connectivity index is 2.13. The molecule has 2 unspecified atom stereocenters. The molecule has 0 heterocycles. The minimum Gasteiger partial charge on any atom is -0.354 e. The predicted octanol–water partition coefficient (Wildman–Crippen LogP) is 0.886. The minimum atomic E-state index is -0.327. The van der Waals surface area contributed by atoms with Gasteiger partial charge in [-0.2, -0.15) is 0 Å². The van der Waals surface area contributed by atoms with E-state index in [0.717, 1.165) is 12.5 Å². The van der Waals surface area contributed by atoms with E-state index in [9.17, 15) is 4.79 Å². The maximum absolute atomic E-state index is 11.3. The lowest BCUT2D eigenvalue weighted by molar-refractivity contribution is -0.122. The van der Waals surface area contributed by atoms with Crippen molar-refractivity contribution >= 4 is 5.91 Å². The summed E-state index contributed by atoms with van der Waals surface area (Å²) in [6, 6.07) is -0.327. The summed E-state index contributed by atoms with van der Waals surface area (Å²) in [4.78, 5) is 11.3. The molecule has 1 aliphatic rings. The monoisotopic (exact) mass is 184 g/mol. The lowest BCUT2D eigenvalue weighted by Gasteiger charge is -2.13. The quantitative estimate of drug-likeness (QED) is 0.666. The van der Waals surface area contributed by atoms with E-state index in [-0.39, 0.29) is 11.9 Å². The molecule has 0 saturated heterocycles. The van der Waals surface area contributed by atoms with E-state index in [0.29, 0.717) is 12.3 Å². The molecule has 1 rings (SSSR count). The number of hydrogen-bond donors (Lipinski definition) is 2. The molecule has 3 nitrogen and oxygen atoms in total. The number of amides is 1. The van der Waals surface area contributed by atoms with Crippen LogP contribution in [0.2, 0.25) is 0 Å². The van der Waals surface area contributed by atoms with E-state index in [2.05, 4.69) is 12.2 Å². The zero-order chi connectivity index (χ0) is 9.84. The van der Waals surface area contributed by atoms with Gasteiger partial charge in [0.15, 0.2) is 0 Å². The van der Waals surface area contributed by atoms with Crippen molar-refractivity contribution in [1.29, 1.82) is 0 Å². The van der Waals surface area contributed by atoms with E-state index >= 15 is 0 Å². The van der Waals surface area contributed by atoms with Crippen LogP contribution in [-0.2, 0) is 4.79 Å². The zero-order valence-electron chi connectivity index (χ0n) is 8.55. The first-order chi connectivity index (χ1) is 6.15. The predicted molar refractivity (Wildman–Crippen MR) is 53.2 cm³/mol. The third-order valence-electron chi connectivity index (χ3n) is 2.80. The second-order valence-corrected chi connectivity index (χ2v) is 4.07. The van der Waals surface area contributed by atoms with Gasteiger partial charge >= 0.3 is 0 Å². The fourth-order valence-electron chi connectivity index (χ4n) is 1.41. The Morgan fingerprint density at radius 3 is 2.69 bits per heavy atom. The highest BCUT2D eigenvalue weighted by molar-refractivity contribution is 5.81. The van der Waals surface area contributed by atoms with Crippen molar-refractivity contribution in [2.75, 3.05) is 6.54 Å². The number of carbonyl (C=O) groups excluding carboxylic acids is 1. The van der Waals surface area contributed by atoms with Crippen molar-refractivity contribution in [2.45, 2.75) is 39.2 Å². The third kappa shape index (κ3) is 3.35. The molecule has 0 spiro atoms. The molecule has 0 aromatic heterocycles. The topological polar surface area (TPSA) is 55.1 Å². The first-order valence-electron chi connectivity index (χ1n) is 5.18. The molecule has 3 N–H and O–H groups in total. The molecular weight excluding hydrogens is 164 g/mol. The van der Waals surface area contributed by atoms with E-state index in [1.54, 1.807) is 0 Å². The maximum atomic E-state index is 11.3. The van der Waals surface area contributed by atoms with Gasteiger partial charge < -0.3 is 11.1 Å². The molecule has 0 aromatic rings. The summed E-state index contributed by atoms with van der Waals surface area (Å²) in [5.74, 6) is 1.46. The van der Waals surface area contributed by atoms with Gasteiger partial charge in [0.2, 0.25) is 5.91 Å². The Labute approximate surface area is 80.1 Å². The number of carbonyl (C=O) groups is 1. The normalized spacial score (nSPS) is 20.8. The maximum Gasteiger partial charge on any atom is 0.236 e. The van der Waals surface area contributed by atoms with Crippen LogP contribution in [0.3, 0.4) is 0 Å². The second-order valence-electron chi connectivity index (χ2n) is 4.07. The van der Waals surface area contributed by atoms with Gasteiger partial charge in [-0.05, 0) is 31.1 Å². The Morgan fingerprint density at radius 1 is 1.62 bits per heavy atom. The van der Waals surface area contributed by atoms with E-state index in [1.165, 1.54) is 12.8 Å². The summed E-state index contributed by atoms with van der Waals surface area (Å²) in [6.45, 7) is 4.90. The molecule has 1 aliphatic carbocycles. The highest BCUT2D eigenvalue weighted by atomic mass is 16.2. The largest absolute Gasteiger partial charge is 0.354 e. The molecule has 13 heavy (non-hydrogen) atoms. The average molecular weight is 184 g/mol. The van der Waals surface area contributed by atoms with Crippen LogP contribution in [0.4, 0.5) is 0 Å². The molecule has 0 aliphatic heterocycles. The van der Waals surface area contributed by atoms with Crippen molar-refractivity contribution in [3.8, 4) is 0 Å².